The lowest BCUT2D eigenvalue weighted by molar-refractivity contribution is -0.178. The molecule has 2 aliphatic rings. The van der Waals surface area contributed by atoms with Gasteiger partial charge in [0.05, 0.1) is 11.9 Å². The number of amides is 3. The Balaban J connectivity index is 1.43. The van der Waals surface area contributed by atoms with Gasteiger partial charge in [-0.1, -0.05) is 54.6 Å². The van der Waals surface area contributed by atoms with Gasteiger partial charge in [-0.05, 0) is 31.5 Å². The molecule has 13 nitrogen and oxygen atoms in total. The molecule has 0 spiro atoms. The molecule has 2 aliphatic heterocycles. The quantitative estimate of drug-likeness (QED) is 0.173. The van der Waals surface area contributed by atoms with Gasteiger partial charge in [-0.15, -0.1) is 0 Å². The van der Waals surface area contributed by atoms with Crippen molar-refractivity contribution in [2.45, 2.75) is 55.8 Å². The van der Waals surface area contributed by atoms with Crippen LogP contribution < -0.4 is 16.4 Å². The number of hydrogen-bond donors (Lipinski definition) is 4. The second-order valence-electron chi connectivity index (χ2n) is 11.2. The smallest absolute Gasteiger partial charge is 0.370 e. The van der Waals surface area contributed by atoms with E-state index in [2.05, 4.69) is 15.6 Å². The van der Waals surface area contributed by atoms with Crippen LogP contribution in [0.2, 0.25) is 0 Å². The van der Waals surface area contributed by atoms with E-state index in [9.17, 15) is 41.8 Å². The number of nitrogens with two attached hydrogens (primary N) is 1. The van der Waals surface area contributed by atoms with Gasteiger partial charge in [0.1, 0.15) is 36.0 Å². The fourth-order valence-corrected chi connectivity index (χ4v) is 6.85. The molecule has 3 aromatic rings. The van der Waals surface area contributed by atoms with Crippen LogP contribution in [-0.2, 0) is 23.2 Å². The number of carbonyl (C=O) groups is 4. The highest BCUT2D eigenvalue weighted by atomic mass is 31.2. The average Bonchev–Trinajstić information content (AvgIpc) is 3.62. The van der Waals surface area contributed by atoms with Crippen molar-refractivity contribution in [3.8, 4) is 0 Å². The summed E-state index contributed by atoms with van der Waals surface area (Å²) in [5.41, 5.74) is 5.76. The first-order valence-corrected chi connectivity index (χ1v) is 16.1. The molecule has 0 bridgehead atoms. The van der Waals surface area contributed by atoms with Gasteiger partial charge in [-0.2, -0.15) is 13.2 Å². The number of halogens is 3. The van der Waals surface area contributed by atoms with E-state index in [0.717, 1.165) is 10.3 Å². The molecule has 250 valence electrons. The van der Waals surface area contributed by atoms with E-state index in [0.29, 0.717) is 5.52 Å². The van der Waals surface area contributed by atoms with Crippen molar-refractivity contribution in [2.24, 2.45) is 5.73 Å². The number of likely N-dealkylation sites (tertiary alicyclic amines) is 1. The molecule has 17 heteroatoms. The SMILES string of the molecule is NC(=O)CC(NC(=O)c1ccc2ccccc2n1)C(=O)NC(C(=O)c1ccccc1)C1OP(=O)(O)OC1CN1CCCC1C(F)(F)F. The molecule has 1 aromatic heterocycles. The molecule has 0 saturated carbocycles. The molecule has 0 radical (unpaired) electrons. The van der Waals surface area contributed by atoms with Gasteiger partial charge in [0.2, 0.25) is 11.8 Å². The average molecular weight is 678 g/mol. The third-order valence-electron chi connectivity index (χ3n) is 7.87. The minimum Gasteiger partial charge on any atom is -0.370 e. The molecule has 6 atom stereocenters. The van der Waals surface area contributed by atoms with Gasteiger partial charge < -0.3 is 21.3 Å². The number of nitrogens with one attached hydrogen (secondary N) is 2. The Kier molecular flexibility index (Phi) is 10.1. The summed E-state index contributed by atoms with van der Waals surface area (Å²) >= 11 is 0. The summed E-state index contributed by atoms with van der Waals surface area (Å²) in [5.74, 6) is -3.79. The number of fused-ring (bicyclic) bond motifs is 1. The maximum absolute atomic E-state index is 13.8. The number of Topliss-reactive ketones (excluding diaryl/α,β-unsaturated/α-hetero) is 1. The minimum absolute atomic E-state index is 0.00826. The molecular weight excluding hydrogens is 646 g/mol. The summed E-state index contributed by atoms with van der Waals surface area (Å²) in [7, 11) is -4.89. The summed E-state index contributed by atoms with van der Waals surface area (Å²) in [5, 5.41) is 5.49. The van der Waals surface area contributed by atoms with Crippen molar-refractivity contribution in [3.63, 3.8) is 0 Å². The van der Waals surface area contributed by atoms with Crippen LogP contribution in [0, 0.1) is 0 Å². The van der Waals surface area contributed by atoms with Crippen LogP contribution in [0.15, 0.2) is 66.7 Å². The fraction of sp³-hybridized carbons (Fsp3) is 0.367. The van der Waals surface area contributed by atoms with Crippen LogP contribution >= 0.6 is 7.82 Å². The molecule has 2 saturated heterocycles. The summed E-state index contributed by atoms with van der Waals surface area (Å²) < 4.78 is 64.1. The lowest BCUT2D eigenvalue weighted by Crippen LogP contribution is -2.59. The van der Waals surface area contributed by atoms with Crippen LogP contribution in [0.3, 0.4) is 0 Å². The molecule has 6 unspecified atom stereocenters. The first-order chi connectivity index (χ1) is 22.2. The monoisotopic (exact) mass is 677 g/mol. The van der Waals surface area contributed by atoms with E-state index in [4.69, 9.17) is 14.8 Å². The fourth-order valence-electron chi connectivity index (χ4n) is 5.70. The Labute approximate surface area is 266 Å². The third kappa shape index (κ3) is 8.21. The van der Waals surface area contributed by atoms with Crippen molar-refractivity contribution in [3.05, 3.63) is 78.0 Å². The number of pyridine rings is 1. The first-order valence-electron chi connectivity index (χ1n) is 14.6. The zero-order chi connectivity index (χ0) is 33.9. The van der Waals surface area contributed by atoms with Crippen LogP contribution in [0.4, 0.5) is 13.2 Å². The molecule has 5 N–H and O–H groups in total. The number of nitrogens with zero attached hydrogens (tertiary/aromatic N) is 2. The Bertz CT molecular complexity index is 1710. The van der Waals surface area contributed by atoms with Gasteiger partial charge in [0.15, 0.2) is 5.78 Å². The Hall–Kier alpha value is -4.21. The molecule has 2 fully saturated rings. The second-order valence-corrected chi connectivity index (χ2v) is 12.5. The summed E-state index contributed by atoms with van der Waals surface area (Å²) in [6.45, 7) is -0.561. The van der Waals surface area contributed by atoms with Gasteiger partial charge in [0, 0.05) is 17.5 Å². The van der Waals surface area contributed by atoms with Gasteiger partial charge in [0.25, 0.3) is 5.91 Å². The van der Waals surface area contributed by atoms with Crippen molar-refractivity contribution in [1.29, 1.82) is 0 Å². The standard InChI is InChI=1S/C30H31F3N5O8P/c31-30(32,33)23-11-6-14-38(23)16-22-27(46-47(43,44)45-22)25(26(40)18-8-2-1-3-9-18)37-29(42)21(15-24(34)39)36-28(41)20-13-12-17-7-4-5-10-19(17)35-20/h1-5,7-10,12-13,21-23,25,27H,6,11,14-16H2,(H2,34,39)(H,36,41)(H,37,42)(H,43,44). The molecule has 3 amide bonds. The minimum atomic E-state index is -4.89. The zero-order valence-electron chi connectivity index (χ0n) is 24.6. The highest BCUT2D eigenvalue weighted by Crippen LogP contribution is 2.54. The van der Waals surface area contributed by atoms with Crippen LogP contribution in [0.5, 0.6) is 0 Å². The maximum Gasteiger partial charge on any atom is 0.473 e. The van der Waals surface area contributed by atoms with Crippen molar-refractivity contribution < 1.29 is 50.9 Å². The van der Waals surface area contributed by atoms with E-state index in [1.54, 1.807) is 36.4 Å². The number of phosphoric acid groups is 1. The van der Waals surface area contributed by atoms with Gasteiger partial charge in [-0.3, -0.25) is 33.1 Å². The third-order valence-corrected chi connectivity index (χ3v) is 8.92. The lowest BCUT2D eigenvalue weighted by atomic mass is 9.95. The highest BCUT2D eigenvalue weighted by Gasteiger charge is 2.53. The maximum atomic E-state index is 13.8. The van der Waals surface area contributed by atoms with E-state index >= 15 is 0 Å². The molecule has 0 aliphatic carbocycles. The Morgan fingerprint density at radius 1 is 1.02 bits per heavy atom. The first kappa shape index (κ1) is 34.1. The predicted octanol–water partition coefficient (Wildman–Crippen LogP) is 2.49. The van der Waals surface area contributed by atoms with Crippen LogP contribution in [0.25, 0.3) is 10.9 Å². The predicted molar refractivity (Wildman–Crippen MR) is 160 cm³/mol. The molecule has 5 rings (SSSR count). The van der Waals surface area contributed by atoms with Crippen molar-refractivity contribution in [2.75, 3.05) is 13.1 Å². The highest BCUT2D eigenvalue weighted by molar-refractivity contribution is 7.47. The van der Waals surface area contributed by atoms with E-state index in [1.807, 2.05) is 0 Å². The number of aromatic nitrogens is 1. The summed E-state index contributed by atoms with van der Waals surface area (Å²) in [6, 6.07) is 12.0. The topological polar surface area (TPSA) is 190 Å². The number of benzene rings is 2. The second kappa shape index (κ2) is 13.9. The molecular formula is C30H31F3N5O8P. The van der Waals surface area contributed by atoms with Crippen molar-refractivity contribution in [1.82, 2.24) is 20.5 Å². The van der Waals surface area contributed by atoms with E-state index in [1.165, 1.54) is 30.3 Å². The number of ketones is 1. The Morgan fingerprint density at radius 2 is 1.72 bits per heavy atom. The van der Waals surface area contributed by atoms with E-state index in [-0.39, 0.29) is 30.6 Å². The lowest BCUT2D eigenvalue weighted by Gasteiger charge is -2.32. The number of para-hydroxylation sites is 1. The number of hydrogen-bond acceptors (Lipinski definition) is 9. The number of alkyl halides is 3. The Morgan fingerprint density at radius 3 is 2.43 bits per heavy atom. The number of primary amides is 1. The molecule has 3 heterocycles. The normalized spacial score (nSPS) is 24.5. The summed E-state index contributed by atoms with van der Waals surface area (Å²) in [4.78, 5) is 68.1. The zero-order valence-corrected chi connectivity index (χ0v) is 25.5. The van der Waals surface area contributed by atoms with Crippen LogP contribution in [0.1, 0.15) is 40.1 Å². The number of carbonyl (C=O) groups excluding carboxylic acids is 4. The van der Waals surface area contributed by atoms with E-state index < -0.39 is 80.8 Å². The summed E-state index contributed by atoms with van der Waals surface area (Å²) in [6.07, 6.45) is -8.64. The molecule has 2 aromatic carbocycles. The van der Waals surface area contributed by atoms with Gasteiger partial charge in [-0.25, -0.2) is 9.55 Å². The molecule has 47 heavy (non-hydrogen) atoms. The number of phosphoric ester groups is 1. The van der Waals surface area contributed by atoms with Gasteiger partial charge >= 0.3 is 14.0 Å². The van der Waals surface area contributed by atoms with Crippen molar-refractivity contribution >= 4 is 42.2 Å². The van der Waals surface area contributed by atoms with Crippen LogP contribution in [-0.4, -0.2) is 87.9 Å². The number of rotatable bonds is 11. The largest absolute Gasteiger partial charge is 0.473 e.